The van der Waals surface area contributed by atoms with Crippen molar-refractivity contribution >= 4 is 49.4 Å². The lowest BCUT2D eigenvalue weighted by Gasteiger charge is -2.36. The molecule has 1 aliphatic rings. The Balaban J connectivity index is 2.22. The van der Waals surface area contributed by atoms with Crippen LogP contribution in [0.5, 0.6) is 0 Å². The van der Waals surface area contributed by atoms with Crippen LogP contribution in [0.3, 0.4) is 0 Å². The van der Waals surface area contributed by atoms with Crippen molar-refractivity contribution in [1.29, 1.82) is 0 Å². The Bertz CT molecular complexity index is 555. The van der Waals surface area contributed by atoms with Crippen LogP contribution in [0.4, 0.5) is 5.69 Å². The summed E-state index contributed by atoms with van der Waals surface area (Å²) < 4.78 is 1.70. The van der Waals surface area contributed by atoms with Gasteiger partial charge in [0.1, 0.15) is 5.54 Å². The van der Waals surface area contributed by atoms with E-state index in [1.54, 1.807) is 0 Å². The molecule has 0 bridgehead atoms. The molecule has 6 heteroatoms. The van der Waals surface area contributed by atoms with Crippen LogP contribution in [0, 0.1) is 0 Å². The summed E-state index contributed by atoms with van der Waals surface area (Å²) in [5.41, 5.74) is -0.0871. The first-order valence-electron chi connectivity index (χ1n) is 6.98. The predicted octanol–water partition coefficient (Wildman–Crippen LogP) is 3.99. The first-order valence-corrected chi connectivity index (χ1v) is 8.57. The fraction of sp³-hybridized carbons (Fsp3) is 0.467. The maximum Gasteiger partial charge on any atom is 0.250 e. The maximum atomic E-state index is 12.7. The van der Waals surface area contributed by atoms with Gasteiger partial charge >= 0.3 is 0 Å². The Morgan fingerprint density at radius 2 is 1.81 bits per heavy atom. The standard InChI is InChI=1S/C15H18Br2N2O2/c1-10(20)19-15(7-3-2-4-8-15)14(21)18-13-9-11(16)5-6-12(13)17/h5-6,9H,2-4,7-8H2,1H3,(H,18,21)(H,19,20). The Morgan fingerprint density at radius 1 is 1.14 bits per heavy atom. The average molecular weight is 418 g/mol. The molecule has 0 aromatic heterocycles. The van der Waals surface area contributed by atoms with Gasteiger partial charge in [-0.15, -0.1) is 0 Å². The minimum absolute atomic E-state index is 0.142. The first-order chi connectivity index (χ1) is 9.93. The lowest BCUT2D eigenvalue weighted by molar-refractivity contribution is -0.130. The molecule has 0 unspecified atom stereocenters. The molecule has 1 aliphatic carbocycles. The molecule has 0 heterocycles. The van der Waals surface area contributed by atoms with Crippen molar-refractivity contribution in [2.45, 2.75) is 44.6 Å². The summed E-state index contributed by atoms with van der Waals surface area (Å²) in [5.74, 6) is -0.309. The third-order valence-electron chi connectivity index (χ3n) is 3.73. The predicted molar refractivity (Wildman–Crippen MR) is 90.1 cm³/mol. The van der Waals surface area contributed by atoms with Gasteiger partial charge in [-0.3, -0.25) is 9.59 Å². The van der Waals surface area contributed by atoms with E-state index in [2.05, 4.69) is 42.5 Å². The minimum Gasteiger partial charge on any atom is -0.342 e. The van der Waals surface area contributed by atoms with E-state index in [4.69, 9.17) is 0 Å². The maximum absolute atomic E-state index is 12.7. The van der Waals surface area contributed by atoms with Crippen molar-refractivity contribution in [2.24, 2.45) is 0 Å². The average Bonchev–Trinajstić information content (AvgIpc) is 2.43. The summed E-state index contributed by atoms with van der Waals surface area (Å²) in [5, 5.41) is 5.81. The molecule has 0 saturated heterocycles. The molecule has 21 heavy (non-hydrogen) atoms. The highest BCUT2D eigenvalue weighted by Gasteiger charge is 2.40. The Hall–Kier alpha value is -0.880. The van der Waals surface area contributed by atoms with Gasteiger partial charge in [-0.05, 0) is 47.0 Å². The van der Waals surface area contributed by atoms with Crippen LogP contribution in [0.25, 0.3) is 0 Å². The topological polar surface area (TPSA) is 58.2 Å². The van der Waals surface area contributed by atoms with Crippen molar-refractivity contribution in [3.63, 3.8) is 0 Å². The summed E-state index contributed by atoms with van der Waals surface area (Å²) in [6.07, 6.45) is 4.38. The minimum atomic E-state index is -0.786. The van der Waals surface area contributed by atoms with E-state index in [-0.39, 0.29) is 11.8 Å². The van der Waals surface area contributed by atoms with Crippen molar-refractivity contribution in [2.75, 3.05) is 5.32 Å². The van der Waals surface area contributed by atoms with E-state index in [1.165, 1.54) is 6.92 Å². The largest absolute Gasteiger partial charge is 0.342 e. The fourth-order valence-electron chi connectivity index (χ4n) is 2.74. The van der Waals surface area contributed by atoms with E-state index >= 15 is 0 Å². The number of carbonyl (C=O) groups is 2. The molecular weight excluding hydrogens is 400 g/mol. The van der Waals surface area contributed by atoms with Crippen LogP contribution < -0.4 is 10.6 Å². The second kappa shape index (κ2) is 6.92. The molecule has 0 spiro atoms. The van der Waals surface area contributed by atoms with Gasteiger partial charge in [-0.2, -0.15) is 0 Å². The summed E-state index contributed by atoms with van der Waals surface area (Å²) in [7, 11) is 0. The third-order valence-corrected chi connectivity index (χ3v) is 4.92. The SMILES string of the molecule is CC(=O)NC1(C(=O)Nc2cc(Br)ccc2Br)CCCCC1. The number of anilines is 1. The molecule has 2 N–H and O–H groups in total. The molecule has 0 radical (unpaired) electrons. The smallest absolute Gasteiger partial charge is 0.250 e. The zero-order valence-corrected chi connectivity index (χ0v) is 15.0. The Labute approximate surface area is 141 Å². The van der Waals surface area contributed by atoms with Crippen LogP contribution >= 0.6 is 31.9 Å². The van der Waals surface area contributed by atoms with Gasteiger partial charge in [-0.25, -0.2) is 0 Å². The van der Waals surface area contributed by atoms with Crippen LogP contribution in [-0.4, -0.2) is 17.4 Å². The Morgan fingerprint density at radius 3 is 2.43 bits per heavy atom. The lowest BCUT2D eigenvalue weighted by Crippen LogP contribution is -2.57. The molecule has 1 fully saturated rings. The molecule has 4 nitrogen and oxygen atoms in total. The van der Waals surface area contributed by atoms with Crippen molar-refractivity contribution in [1.82, 2.24) is 5.32 Å². The zero-order chi connectivity index (χ0) is 15.5. The number of rotatable bonds is 3. The van der Waals surface area contributed by atoms with E-state index < -0.39 is 5.54 Å². The second-order valence-electron chi connectivity index (χ2n) is 5.40. The molecular formula is C15H18Br2N2O2. The monoisotopic (exact) mass is 416 g/mol. The zero-order valence-electron chi connectivity index (χ0n) is 11.8. The Kier molecular flexibility index (Phi) is 5.43. The third kappa shape index (κ3) is 4.07. The molecule has 2 rings (SSSR count). The highest BCUT2D eigenvalue weighted by Crippen LogP contribution is 2.32. The van der Waals surface area contributed by atoms with E-state index in [0.717, 1.165) is 28.2 Å². The first kappa shape index (κ1) is 16.5. The van der Waals surface area contributed by atoms with Gasteiger partial charge in [-0.1, -0.05) is 35.2 Å². The van der Waals surface area contributed by atoms with Crippen LogP contribution in [0.2, 0.25) is 0 Å². The number of hydrogen-bond donors (Lipinski definition) is 2. The molecule has 0 aliphatic heterocycles. The number of hydrogen-bond acceptors (Lipinski definition) is 2. The summed E-state index contributed by atoms with van der Waals surface area (Å²) in [6, 6.07) is 5.60. The normalized spacial score (nSPS) is 17.1. The van der Waals surface area contributed by atoms with Crippen molar-refractivity contribution < 1.29 is 9.59 Å². The summed E-state index contributed by atoms with van der Waals surface area (Å²) >= 11 is 6.82. The molecule has 0 atom stereocenters. The van der Waals surface area contributed by atoms with E-state index in [0.29, 0.717) is 18.5 Å². The number of benzene rings is 1. The van der Waals surface area contributed by atoms with Crippen LogP contribution in [0.15, 0.2) is 27.1 Å². The molecule has 1 saturated carbocycles. The quantitative estimate of drug-likeness (QED) is 0.781. The molecule has 114 valence electrons. The highest BCUT2D eigenvalue weighted by atomic mass is 79.9. The second-order valence-corrected chi connectivity index (χ2v) is 7.17. The molecule has 1 aromatic carbocycles. The number of halogens is 2. The molecule has 1 aromatic rings. The number of nitrogens with one attached hydrogen (secondary N) is 2. The molecule has 2 amide bonds. The summed E-state index contributed by atoms with van der Waals surface area (Å²) in [4.78, 5) is 24.2. The van der Waals surface area contributed by atoms with Gasteiger partial charge in [0.2, 0.25) is 11.8 Å². The van der Waals surface area contributed by atoms with E-state index in [9.17, 15) is 9.59 Å². The highest BCUT2D eigenvalue weighted by molar-refractivity contribution is 9.11. The van der Waals surface area contributed by atoms with Gasteiger partial charge in [0.05, 0.1) is 5.69 Å². The van der Waals surface area contributed by atoms with Crippen molar-refractivity contribution in [3.05, 3.63) is 27.1 Å². The van der Waals surface area contributed by atoms with Crippen molar-refractivity contribution in [3.8, 4) is 0 Å². The van der Waals surface area contributed by atoms with Gasteiger partial charge in [0.25, 0.3) is 0 Å². The van der Waals surface area contributed by atoms with E-state index in [1.807, 2.05) is 18.2 Å². The van der Waals surface area contributed by atoms with Gasteiger partial charge in [0.15, 0.2) is 0 Å². The summed E-state index contributed by atoms with van der Waals surface area (Å²) in [6.45, 7) is 1.46. The lowest BCUT2D eigenvalue weighted by atomic mass is 9.80. The van der Waals surface area contributed by atoms with Crippen LogP contribution in [0.1, 0.15) is 39.0 Å². The fourth-order valence-corrected chi connectivity index (χ4v) is 3.44. The van der Waals surface area contributed by atoms with Gasteiger partial charge in [0, 0.05) is 15.9 Å². The van der Waals surface area contributed by atoms with Crippen LogP contribution in [-0.2, 0) is 9.59 Å². The number of amides is 2. The van der Waals surface area contributed by atoms with Gasteiger partial charge < -0.3 is 10.6 Å². The number of carbonyl (C=O) groups excluding carboxylic acids is 2.